The van der Waals surface area contributed by atoms with Gasteiger partial charge in [0, 0.05) is 50.5 Å². The largest absolute Gasteiger partial charge is 0.508 e. The minimum atomic E-state index is -1.86. The molecule has 474 valence electrons. The van der Waals surface area contributed by atoms with Crippen LogP contribution in [0.15, 0.2) is 91.4 Å². The lowest BCUT2D eigenvalue weighted by molar-refractivity contribution is -0.143. The van der Waals surface area contributed by atoms with Crippen molar-refractivity contribution >= 4 is 71.0 Å². The maximum Gasteiger partial charge on any atom is 0.326 e. The summed E-state index contributed by atoms with van der Waals surface area (Å²) in [5.74, 6) is -12.8. The number of rotatable bonds is 34. The number of aromatic hydroxyl groups is 2. The number of amides is 10. The number of benzene rings is 3. The van der Waals surface area contributed by atoms with Crippen molar-refractivity contribution in [2.75, 3.05) is 19.7 Å². The molecule has 31 nitrogen and oxygen atoms in total. The monoisotopic (exact) mass is 1230 g/mol. The number of hydrogen-bond donors (Lipinski definition) is 17. The molecular formula is C57H73N13O18. The highest BCUT2D eigenvalue weighted by Gasteiger charge is 2.41. The molecule has 1 aliphatic heterocycles. The number of carbonyl (C=O) groups excluding carboxylic acids is 10. The van der Waals surface area contributed by atoms with Crippen LogP contribution in [-0.2, 0) is 83.2 Å². The lowest BCUT2D eigenvalue weighted by atomic mass is 10.0. The molecule has 2 heterocycles. The number of nitrogens with one attached hydrogen (secondary N) is 9. The molecule has 19 N–H and O–H groups in total. The normalized spacial score (nSPS) is 15.8. The van der Waals surface area contributed by atoms with Crippen LogP contribution in [0.2, 0.25) is 0 Å². The number of primary amides is 1. The van der Waals surface area contributed by atoms with Crippen LogP contribution in [0, 0.1) is 0 Å². The van der Waals surface area contributed by atoms with Gasteiger partial charge in [-0.25, -0.2) is 9.78 Å². The maximum atomic E-state index is 14.6. The van der Waals surface area contributed by atoms with E-state index in [4.69, 9.17) is 11.5 Å². The molecule has 3 aromatic carbocycles. The SMILES string of the molecule is C[C@@H](O)[C@H](NC(=O)[C@@H]1CCCN1C(=O)[C@H](Cc1cnc[nH]1)NC(=O)[C@H](CCC(=O)O)NC(=O)CNC(=O)[C@@H](N)Cc1ccc(O)cc1)C(=O)N[C@@H](Cc1ccccc1)C(=O)N[C@@H](CO)C(=O)N[C@@H](CCC(N)=O)C(=O)N[C@@H](Cc1ccc(O)cc1)C(=O)O. The summed E-state index contributed by atoms with van der Waals surface area (Å²) in [5.41, 5.74) is 13.1. The van der Waals surface area contributed by atoms with Crippen molar-refractivity contribution in [2.24, 2.45) is 11.5 Å². The first-order chi connectivity index (χ1) is 41.8. The van der Waals surface area contributed by atoms with Gasteiger partial charge >= 0.3 is 11.9 Å². The van der Waals surface area contributed by atoms with Crippen molar-refractivity contribution in [1.82, 2.24) is 57.4 Å². The lowest BCUT2D eigenvalue weighted by Gasteiger charge is -2.31. The molecule has 0 radical (unpaired) electrons. The molecule has 31 heteroatoms. The van der Waals surface area contributed by atoms with Crippen LogP contribution in [0.1, 0.15) is 67.8 Å². The van der Waals surface area contributed by atoms with E-state index in [0.717, 1.165) is 11.8 Å². The number of carbonyl (C=O) groups is 12. The molecule has 1 fully saturated rings. The zero-order valence-electron chi connectivity index (χ0n) is 47.8. The Morgan fingerprint density at radius 2 is 1.15 bits per heavy atom. The van der Waals surface area contributed by atoms with Crippen molar-refractivity contribution in [1.29, 1.82) is 0 Å². The highest BCUT2D eigenvalue weighted by atomic mass is 16.4. The van der Waals surface area contributed by atoms with Gasteiger partial charge in [0.25, 0.3) is 0 Å². The van der Waals surface area contributed by atoms with Gasteiger partial charge in [-0.1, -0.05) is 54.6 Å². The Kier molecular flexibility index (Phi) is 26.3. The van der Waals surface area contributed by atoms with E-state index in [1.807, 2.05) is 0 Å². The Hall–Kier alpha value is -10.0. The minimum Gasteiger partial charge on any atom is -0.508 e. The summed E-state index contributed by atoms with van der Waals surface area (Å²) in [7, 11) is 0. The number of hydrogen-bond acceptors (Lipinski definition) is 18. The fourth-order valence-electron chi connectivity index (χ4n) is 9.26. The van der Waals surface area contributed by atoms with Crippen LogP contribution < -0.4 is 54.0 Å². The fourth-order valence-corrected chi connectivity index (χ4v) is 9.26. The Labute approximate surface area is 503 Å². The van der Waals surface area contributed by atoms with Gasteiger partial charge < -0.3 is 94.5 Å². The molecule has 0 unspecified atom stereocenters. The van der Waals surface area contributed by atoms with Crippen molar-refractivity contribution in [2.45, 2.75) is 132 Å². The maximum absolute atomic E-state index is 14.6. The predicted molar refractivity (Wildman–Crippen MR) is 307 cm³/mol. The summed E-state index contributed by atoms with van der Waals surface area (Å²) in [4.78, 5) is 168. The number of likely N-dealkylation sites (tertiary alicyclic amines) is 1. The topological polar surface area (TPSA) is 506 Å². The van der Waals surface area contributed by atoms with Crippen molar-refractivity contribution in [3.8, 4) is 11.5 Å². The Balaban J connectivity index is 1.28. The number of aliphatic hydroxyl groups excluding tert-OH is 2. The second-order valence-electron chi connectivity index (χ2n) is 20.8. The van der Waals surface area contributed by atoms with Crippen molar-refractivity contribution in [3.63, 3.8) is 0 Å². The third kappa shape index (κ3) is 21.8. The number of H-pyrrole nitrogens is 1. The van der Waals surface area contributed by atoms with E-state index in [-0.39, 0.29) is 56.6 Å². The first-order valence-corrected chi connectivity index (χ1v) is 27.9. The Morgan fingerprint density at radius 3 is 1.72 bits per heavy atom. The number of carboxylic acids is 2. The molecule has 1 aromatic heterocycles. The third-order valence-electron chi connectivity index (χ3n) is 14.0. The Morgan fingerprint density at radius 1 is 0.625 bits per heavy atom. The summed E-state index contributed by atoms with van der Waals surface area (Å²) < 4.78 is 0. The number of nitrogens with zero attached hydrogens (tertiary/aromatic N) is 2. The van der Waals surface area contributed by atoms with E-state index in [9.17, 15) is 88.2 Å². The number of nitrogens with two attached hydrogens (primary N) is 2. The quantitative estimate of drug-likeness (QED) is 0.0210. The highest BCUT2D eigenvalue weighted by Crippen LogP contribution is 2.21. The molecule has 10 amide bonds. The van der Waals surface area contributed by atoms with Crippen LogP contribution in [0.4, 0.5) is 0 Å². The summed E-state index contributed by atoms with van der Waals surface area (Å²) in [6, 6.07) is 5.33. The molecule has 0 spiro atoms. The van der Waals surface area contributed by atoms with E-state index in [1.54, 1.807) is 42.5 Å². The number of carboxylic acid groups (broad SMARTS) is 2. The number of aromatic nitrogens is 2. The van der Waals surface area contributed by atoms with Gasteiger partial charge in [-0.15, -0.1) is 0 Å². The van der Waals surface area contributed by atoms with Gasteiger partial charge in [-0.05, 0) is 80.0 Å². The van der Waals surface area contributed by atoms with E-state index >= 15 is 0 Å². The smallest absolute Gasteiger partial charge is 0.326 e. The van der Waals surface area contributed by atoms with Crippen LogP contribution >= 0.6 is 0 Å². The number of aliphatic carboxylic acids is 2. The Bertz CT molecular complexity index is 3080. The molecule has 0 aliphatic carbocycles. The molecule has 0 saturated carbocycles. The van der Waals surface area contributed by atoms with Gasteiger partial charge in [0.05, 0.1) is 31.6 Å². The number of imidazole rings is 1. The predicted octanol–water partition coefficient (Wildman–Crippen LogP) is -4.49. The minimum absolute atomic E-state index is 0.00260. The van der Waals surface area contributed by atoms with Crippen molar-refractivity contribution < 1.29 is 88.2 Å². The average Bonchev–Trinajstić information content (AvgIpc) is 3.20. The molecule has 5 rings (SSSR count). The zero-order chi connectivity index (χ0) is 64.6. The fraction of sp³-hybridized carbons (Fsp3) is 0.421. The van der Waals surface area contributed by atoms with Gasteiger partial charge in [0.1, 0.15) is 59.8 Å². The van der Waals surface area contributed by atoms with E-state index in [0.29, 0.717) is 22.4 Å². The molecule has 10 atom stereocenters. The number of aromatic amines is 1. The van der Waals surface area contributed by atoms with E-state index in [1.165, 1.54) is 48.9 Å². The van der Waals surface area contributed by atoms with Crippen LogP contribution in [0.3, 0.4) is 0 Å². The van der Waals surface area contributed by atoms with Gasteiger partial charge in [-0.3, -0.25) is 52.7 Å². The number of phenolic OH excluding ortho intramolecular Hbond substituents is 2. The molecule has 1 saturated heterocycles. The first-order valence-electron chi connectivity index (χ1n) is 27.9. The van der Waals surface area contributed by atoms with Crippen LogP contribution in [-0.4, -0.2) is 197 Å². The second-order valence-corrected chi connectivity index (χ2v) is 20.8. The summed E-state index contributed by atoms with van der Waals surface area (Å²) in [6.45, 7) is -0.710. The van der Waals surface area contributed by atoms with Gasteiger partial charge in [0.2, 0.25) is 59.1 Å². The number of phenols is 2. The standard InChI is InChI=1S/C57H73N13O18/c1-30(72)48(55(85)65-40(23-31-6-3-2-4-7-31)52(82)68-43(28-71)53(83)64-39(17-19-45(59)75)51(81)67-42(57(87)88)24-33-11-15-36(74)16-12-33)69-54(84)44-8-5-21-70(44)56(86)41(25-34-26-60-29-62-34)66-50(80)38(18-20-47(77)78)63-46(76)27-61-49(79)37(58)22-32-9-13-35(73)14-10-32/h2-4,6-7,9-16,26,29-30,37-44,48,71-74H,5,8,17-25,27-28,58H2,1H3,(H2,59,75)(H,60,62)(H,61,79)(H,63,76)(H,64,83)(H,65,85)(H,66,80)(H,67,81)(H,68,82)(H,69,84)(H,77,78)(H,87,88)/t30-,37+,38+,39+,40+,41+,42+,43+,44+,48+/m1/s1. The molecule has 1 aliphatic rings. The summed E-state index contributed by atoms with van der Waals surface area (Å²) in [6.07, 6.45) is -1.63. The van der Waals surface area contributed by atoms with Crippen LogP contribution in [0.25, 0.3) is 0 Å². The van der Waals surface area contributed by atoms with Crippen molar-refractivity contribution in [3.05, 3.63) is 114 Å². The first kappa shape index (κ1) is 68.8. The highest BCUT2D eigenvalue weighted by molar-refractivity contribution is 5.99. The molecule has 0 bridgehead atoms. The van der Waals surface area contributed by atoms with Gasteiger partial charge in [0.15, 0.2) is 0 Å². The summed E-state index contributed by atoms with van der Waals surface area (Å²) >= 11 is 0. The average molecular weight is 1230 g/mol. The zero-order valence-corrected chi connectivity index (χ0v) is 47.8. The molecule has 4 aromatic rings. The van der Waals surface area contributed by atoms with Crippen LogP contribution in [0.5, 0.6) is 11.5 Å². The lowest BCUT2D eigenvalue weighted by Crippen LogP contribution is -2.62. The second kappa shape index (κ2) is 33.6. The van der Waals surface area contributed by atoms with E-state index < -0.39 is 170 Å². The van der Waals surface area contributed by atoms with E-state index in [2.05, 4.69) is 52.5 Å². The molecule has 88 heavy (non-hydrogen) atoms. The number of aliphatic hydroxyl groups is 2. The third-order valence-corrected chi connectivity index (χ3v) is 14.0. The molecular weight excluding hydrogens is 1150 g/mol. The van der Waals surface area contributed by atoms with Gasteiger partial charge in [-0.2, -0.15) is 0 Å². The summed E-state index contributed by atoms with van der Waals surface area (Å²) in [5, 5.41) is 79.1.